The van der Waals surface area contributed by atoms with Gasteiger partial charge in [0.05, 0.1) is 18.2 Å². The summed E-state index contributed by atoms with van der Waals surface area (Å²) in [7, 11) is 1.60. The smallest absolute Gasteiger partial charge is 0.319 e. The molecule has 0 spiro atoms. The van der Waals surface area contributed by atoms with Gasteiger partial charge in [-0.05, 0) is 24.6 Å². The van der Waals surface area contributed by atoms with Gasteiger partial charge in [0.1, 0.15) is 0 Å². The molecule has 1 unspecified atom stereocenters. The number of carbonyl (C=O) groups is 2. The third-order valence-corrected chi connectivity index (χ3v) is 4.03. The van der Waals surface area contributed by atoms with Crippen LogP contribution in [-0.4, -0.2) is 50.2 Å². The van der Waals surface area contributed by atoms with Crippen LogP contribution in [0.15, 0.2) is 18.2 Å². The van der Waals surface area contributed by atoms with Crippen LogP contribution in [0.4, 0.5) is 10.5 Å². The van der Waals surface area contributed by atoms with E-state index in [9.17, 15) is 9.59 Å². The van der Waals surface area contributed by atoms with E-state index in [0.717, 1.165) is 5.56 Å². The summed E-state index contributed by atoms with van der Waals surface area (Å²) in [4.78, 5) is 25.6. The largest absolute Gasteiger partial charge is 0.383 e. The van der Waals surface area contributed by atoms with E-state index in [0.29, 0.717) is 43.9 Å². The summed E-state index contributed by atoms with van der Waals surface area (Å²) in [6.45, 7) is 4.00. The minimum atomic E-state index is -0.342. The second-order valence-electron chi connectivity index (χ2n) is 5.88. The van der Waals surface area contributed by atoms with Gasteiger partial charge in [-0.25, -0.2) is 4.79 Å². The first-order valence-corrected chi connectivity index (χ1v) is 7.85. The lowest BCUT2D eigenvalue weighted by molar-refractivity contribution is -0.128. The first-order chi connectivity index (χ1) is 11.5. The zero-order valence-corrected chi connectivity index (χ0v) is 14.0. The van der Waals surface area contributed by atoms with E-state index in [2.05, 4.69) is 16.7 Å². The number of nitrogens with zero attached hydrogens (tertiary/aromatic N) is 2. The van der Waals surface area contributed by atoms with Crippen LogP contribution >= 0.6 is 0 Å². The van der Waals surface area contributed by atoms with Crippen molar-refractivity contribution in [1.29, 1.82) is 5.26 Å². The molecule has 2 rings (SSSR count). The third-order valence-electron chi connectivity index (χ3n) is 4.03. The highest BCUT2D eigenvalue weighted by molar-refractivity contribution is 5.89. The minimum absolute atomic E-state index is 0.0939. The Kier molecular flexibility index (Phi) is 6.15. The molecule has 1 aromatic rings. The molecule has 1 atom stereocenters. The maximum Gasteiger partial charge on any atom is 0.319 e. The Morgan fingerprint density at radius 3 is 3.00 bits per heavy atom. The van der Waals surface area contributed by atoms with Crippen molar-refractivity contribution in [2.45, 2.75) is 13.3 Å². The van der Waals surface area contributed by atoms with Crippen LogP contribution in [0.1, 0.15) is 17.5 Å². The highest BCUT2D eigenvalue weighted by Crippen LogP contribution is 2.17. The van der Waals surface area contributed by atoms with Crippen LogP contribution in [-0.2, 0) is 9.53 Å². The van der Waals surface area contributed by atoms with E-state index in [-0.39, 0.29) is 17.9 Å². The summed E-state index contributed by atoms with van der Waals surface area (Å²) in [6.07, 6.45) is 0.438. The Morgan fingerprint density at radius 2 is 2.29 bits per heavy atom. The topological polar surface area (TPSA) is 94.5 Å². The van der Waals surface area contributed by atoms with Gasteiger partial charge >= 0.3 is 6.03 Å². The lowest BCUT2D eigenvalue weighted by Crippen LogP contribution is -2.34. The highest BCUT2D eigenvalue weighted by atomic mass is 16.5. The molecule has 0 aliphatic carbocycles. The molecular weight excluding hydrogens is 308 g/mol. The number of amides is 3. The number of benzene rings is 1. The summed E-state index contributed by atoms with van der Waals surface area (Å²) in [5, 5.41) is 14.5. The normalized spacial score (nSPS) is 16.8. The lowest BCUT2D eigenvalue weighted by atomic mass is 10.1. The number of rotatable bonds is 6. The number of nitriles is 1. The Labute approximate surface area is 141 Å². The predicted molar refractivity (Wildman–Crippen MR) is 89.5 cm³/mol. The molecule has 2 N–H and O–H groups in total. The van der Waals surface area contributed by atoms with Gasteiger partial charge in [-0.2, -0.15) is 5.26 Å². The third kappa shape index (κ3) is 4.70. The molecular formula is C17H22N4O3. The van der Waals surface area contributed by atoms with Gasteiger partial charge in [0.15, 0.2) is 0 Å². The van der Waals surface area contributed by atoms with Gasteiger partial charge in [-0.3, -0.25) is 4.79 Å². The van der Waals surface area contributed by atoms with Crippen molar-refractivity contribution >= 4 is 17.6 Å². The maximum atomic E-state index is 12.0. The van der Waals surface area contributed by atoms with Crippen molar-refractivity contribution in [3.05, 3.63) is 29.3 Å². The van der Waals surface area contributed by atoms with Crippen LogP contribution in [0.3, 0.4) is 0 Å². The first-order valence-electron chi connectivity index (χ1n) is 7.85. The molecule has 3 amide bonds. The molecule has 1 saturated heterocycles. The maximum absolute atomic E-state index is 12.0. The monoisotopic (exact) mass is 330 g/mol. The van der Waals surface area contributed by atoms with E-state index < -0.39 is 0 Å². The standard InChI is InChI=1S/C17H22N4O3/c1-12-3-4-15(8-14(12)9-18)20-17(23)19-10-13-7-16(22)21(11-13)5-6-24-2/h3-4,8,13H,5-7,10-11H2,1-2H3,(H2,19,20,23). The molecule has 7 nitrogen and oxygen atoms in total. The summed E-state index contributed by atoms with van der Waals surface area (Å²) < 4.78 is 4.98. The quantitative estimate of drug-likeness (QED) is 0.826. The van der Waals surface area contributed by atoms with Crippen LogP contribution in [0.2, 0.25) is 0 Å². The second kappa shape index (κ2) is 8.31. The van der Waals surface area contributed by atoms with Gasteiger partial charge in [-0.15, -0.1) is 0 Å². The fourth-order valence-corrected chi connectivity index (χ4v) is 2.64. The van der Waals surface area contributed by atoms with Gasteiger partial charge in [-0.1, -0.05) is 6.07 Å². The van der Waals surface area contributed by atoms with E-state index in [4.69, 9.17) is 10.00 Å². The van der Waals surface area contributed by atoms with Gasteiger partial charge in [0.2, 0.25) is 5.91 Å². The van der Waals surface area contributed by atoms with Crippen molar-refractivity contribution < 1.29 is 14.3 Å². The number of hydrogen-bond acceptors (Lipinski definition) is 4. The summed E-state index contributed by atoms with van der Waals surface area (Å²) in [5.41, 5.74) is 1.96. The molecule has 1 aliphatic heterocycles. The molecule has 24 heavy (non-hydrogen) atoms. The number of anilines is 1. The summed E-state index contributed by atoms with van der Waals surface area (Å²) >= 11 is 0. The number of aryl methyl sites for hydroxylation is 1. The number of likely N-dealkylation sites (tertiary alicyclic amines) is 1. The molecule has 0 aromatic heterocycles. The van der Waals surface area contributed by atoms with E-state index in [1.165, 1.54) is 0 Å². The van der Waals surface area contributed by atoms with Crippen molar-refractivity contribution in [3.8, 4) is 6.07 Å². The number of nitrogens with one attached hydrogen (secondary N) is 2. The predicted octanol–water partition coefficient (Wildman–Crippen LogP) is 1.48. The molecule has 1 fully saturated rings. The Balaban J connectivity index is 1.80. The fourth-order valence-electron chi connectivity index (χ4n) is 2.64. The number of methoxy groups -OCH3 is 1. The SMILES string of the molecule is COCCN1CC(CNC(=O)Nc2ccc(C)c(C#N)c2)CC1=O. The number of urea groups is 1. The van der Waals surface area contributed by atoms with E-state index in [1.54, 1.807) is 30.2 Å². The van der Waals surface area contributed by atoms with Gasteiger partial charge < -0.3 is 20.3 Å². The van der Waals surface area contributed by atoms with Crippen molar-refractivity contribution in [3.63, 3.8) is 0 Å². The van der Waals surface area contributed by atoms with Crippen LogP contribution in [0, 0.1) is 24.2 Å². The average Bonchev–Trinajstić information content (AvgIpc) is 2.92. The Morgan fingerprint density at radius 1 is 1.50 bits per heavy atom. The molecule has 0 radical (unpaired) electrons. The van der Waals surface area contributed by atoms with Crippen LogP contribution in [0.5, 0.6) is 0 Å². The number of carbonyl (C=O) groups excluding carboxylic acids is 2. The molecule has 1 heterocycles. The molecule has 0 bridgehead atoms. The summed E-state index contributed by atoms with van der Waals surface area (Å²) in [5.74, 6) is 0.198. The van der Waals surface area contributed by atoms with Gasteiger partial charge in [0.25, 0.3) is 0 Å². The Bertz CT molecular complexity index is 654. The highest BCUT2D eigenvalue weighted by Gasteiger charge is 2.29. The average molecular weight is 330 g/mol. The van der Waals surface area contributed by atoms with E-state index in [1.807, 2.05) is 6.92 Å². The fraction of sp³-hybridized carbons (Fsp3) is 0.471. The van der Waals surface area contributed by atoms with Crippen molar-refractivity contribution in [2.75, 3.05) is 38.7 Å². The number of hydrogen-bond donors (Lipinski definition) is 2. The first kappa shape index (κ1) is 17.8. The van der Waals surface area contributed by atoms with E-state index >= 15 is 0 Å². The molecule has 128 valence electrons. The van der Waals surface area contributed by atoms with Crippen molar-refractivity contribution in [2.24, 2.45) is 5.92 Å². The lowest BCUT2D eigenvalue weighted by Gasteiger charge is -2.16. The molecule has 1 aromatic carbocycles. The minimum Gasteiger partial charge on any atom is -0.383 e. The molecule has 1 aliphatic rings. The van der Waals surface area contributed by atoms with Crippen LogP contribution < -0.4 is 10.6 Å². The molecule has 7 heteroatoms. The zero-order chi connectivity index (χ0) is 17.5. The van der Waals surface area contributed by atoms with Crippen LogP contribution in [0.25, 0.3) is 0 Å². The zero-order valence-electron chi connectivity index (χ0n) is 14.0. The van der Waals surface area contributed by atoms with Gasteiger partial charge in [0, 0.05) is 44.8 Å². The summed E-state index contributed by atoms with van der Waals surface area (Å²) in [6, 6.07) is 6.92. The molecule has 0 saturated carbocycles. The Hall–Kier alpha value is -2.59. The number of ether oxygens (including phenoxy) is 1. The second-order valence-corrected chi connectivity index (χ2v) is 5.88. The van der Waals surface area contributed by atoms with Crippen molar-refractivity contribution in [1.82, 2.24) is 10.2 Å².